The Morgan fingerprint density at radius 1 is 1.44 bits per heavy atom. The Balaban J connectivity index is 2.88. The lowest BCUT2D eigenvalue weighted by atomic mass is 9.92. The van der Waals surface area contributed by atoms with Gasteiger partial charge in [0.05, 0.1) is 0 Å². The van der Waals surface area contributed by atoms with E-state index in [1.807, 2.05) is 0 Å². The molecular formula is C5H7BN2O. The molecule has 46 valence electrons. The molecule has 0 bridgehead atoms. The molecule has 0 radical (unpaired) electrons. The lowest BCUT2D eigenvalue weighted by Gasteiger charge is -1.91. The maximum Gasteiger partial charge on any atom is 0.307 e. The summed E-state index contributed by atoms with van der Waals surface area (Å²) in [4.78, 5) is 7.76. The Hall–Kier alpha value is -0.895. The first-order chi connectivity index (χ1) is 4.33. The lowest BCUT2D eigenvalue weighted by molar-refractivity contribution is 0.615. The zero-order chi connectivity index (χ0) is 6.69. The number of hydrogen-bond acceptors (Lipinski definition) is 3. The third kappa shape index (κ3) is 1.50. The monoisotopic (exact) mass is 122 g/mol. The van der Waals surface area contributed by atoms with Gasteiger partial charge in [0, 0.05) is 12.4 Å². The van der Waals surface area contributed by atoms with Gasteiger partial charge in [0.15, 0.2) is 0 Å². The second kappa shape index (κ2) is 2.59. The highest BCUT2D eigenvalue weighted by Crippen LogP contribution is 1.77. The van der Waals surface area contributed by atoms with Crippen molar-refractivity contribution in [1.29, 1.82) is 0 Å². The van der Waals surface area contributed by atoms with Crippen LogP contribution in [-0.4, -0.2) is 22.5 Å². The summed E-state index contributed by atoms with van der Waals surface area (Å²) >= 11 is 0. The van der Waals surface area contributed by atoms with E-state index < -0.39 is 0 Å². The van der Waals surface area contributed by atoms with Crippen LogP contribution in [0.4, 0.5) is 0 Å². The highest BCUT2D eigenvalue weighted by molar-refractivity contribution is 6.45. The van der Waals surface area contributed by atoms with Crippen LogP contribution in [0.2, 0.25) is 0 Å². The van der Waals surface area contributed by atoms with Crippen LogP contribution < -0.4 is 5.46 Å². The van der Waals surface area contributed by atoms with Crippen molar-refractivity contribution >= 4 is 12.9 Å². The second-order valence-electron chi connectivity index (χ2n) is 1.80. The molecule has 4 heteroatoms. The van der Waals surface area contributed by atoms with E-state index in [-0.39, 0.29) is 7.48 Å². The zero-order valence-corrected chi connectivity index (χ0v) is 5.20. The quantitative estimate of drug-likeness (QED) is 0.473. The van der Waals surface area contributed by atoms with Gasteiger partial charge in [0.1, 0.15) is 5.82 Å². The molecule has 0 fully saturated rings. The van der Waals surface area contributed by atoms with Crippen molar-refractivity contribution < 1.29 is 5.02 Å². The first-order valence-electron chi connectivity index (χ1n) is 2.71. The summed E-state index contributed by atoms with van der Waals surface area (Å²) in [6.07, 6.45) is 3.23. The summed E-state index contributed by atoms with van der Waals surface area (Å²) < 4.78 is 0. The molecule has 0 amide bonds. The lowest BCUT2D eigenvalue weighted by Crippen LogP contribution is -2.14. The fourth-order valence-electron chi connectivity index (χ4n) is 0.501. The predicted octanol–water partition coefficient (Wildman–Crippen LogP) is -1.25. The third-order valence-corrected chi connectivity index (χ3v) is 1.02. The fourth-order valence-corrected chi connectivity index (χ4v) is 0.501. The molecule has 1 aromatic rings. The zero-order valence-electron chi connectivity index (χ0n) is 5.20. The average molecular weight is 122 g/mol. The minimum absolute atomic E-state index is 0.0142. The molecule has 0 aliphatic heterocycles. The van der Waals surface area contributed by atoms with Crippen LogP contribution in [0.5, 0.6) is 0 Å². The highest BCUT2D eigenvalue weighted by Gasteiger charge is 1.91. The van der Waals surface area contributed by atoms with Crippen molar-refractivity contribution in [3.05, 3.63) is 18.2 Å². The van der Waals surface area contributed by atoms with E-state index in [1.165, 1.54) is 0 Å². The minimum atomic E-state index is 0.0142. The van der Waals surface area contributed by atoms with E-state index in [9.17, 15) is 0 Å². The van der Waals surface area contributed by atoms with Gasteiger partial charge in [-0.25, -0.2) is 9.97 Å². The van der Waals surface area contributed by atoms with E-state index in [1.54, 1.807) is 19.3 Å². The third-order valence-electron chi connectivity index (χ3n) is 1.02. The van der Waals surface area contributed by atoms with Gasteiger partial charge < -0.3 is 5.02 Å². The van der Waals surface area contributed by atoms with E-state index in [4.69, 9.17) is 5.02 Å². The highest BCUT2D eigenvalue weighted by atomic mass is 16.2. The molecule has 0 aliphatic carbocycles. The van der Waals surface area contributed by atoms with Crippen molar-refractivity contribution in [2.24, 2.45) is 0 Å². The molecule has 0 atom stereocenters. The van der Waals surface area contributed by atoms with Crippen LogP contribution in [0.1, 0.15) is 5.82 Å². The Bertz CT molecular complexity index is 187. The number of rotatable bonds is 1. The van der Waals surface area contributed by atoms with Crippen LogP contribution in [0.3, 0.4) is 0 Å². The molecule has 1 heterocycles. The van der Waals surface area contributed by atoms with Crippen molar-refractivity contribution in [2.75, 3.05) is 0 Å². The smallest absolute Gasteiger partial charge is 0.307 e. The molecule has 0 aliphatic rings. The van der Waals surface area contributed by atoms with Crippen molar-refractivity contribution in [1.82, 2.24) is 9.97 Å². The van der Waals surface area contributed by atoms with Crippen LogP contribution >= 0.6 is 0 Å². The van der Waals surface area contributed by atoms with Gasteiger partial charge in [-0.1, -0.05) is 0 Å². The molecule has 3 nitrogen and oxygen atoms in total. The number of aromatic nitrogens is 2. The first-order valence-corrected chi connectivity index (χ1v) is 2.71. The van der Waals surface area contributed by atoms with Gasteiger partial charge in [-0.2, -0.15) is 0 Å². The first kappa shape index (κ1) is 6.23. The number of hydrogen-bond donors (Lipinski definition) is 1. The molecule has 0 saturated carbocycles. The topological polar surface area (TPSA) is 46.0 Å². The summed E-state index contributed by atoms with van der Waals surface area (Å²) in [5, 5.41) is 8.55. The van der Waals surface area contributed by atoms with E-state index in [0.29, 0.717) is 0 Å². The molecule has 0 aromatic carbocycles. The summed E-state index contributed by atoms with van der Waals surface area (Å²) in [7, 11) is 0.0142. The molecule has 1 N–H and O–H groups in total. The average Bonchev–Trinajstić information content (AvgIpc) is 1.90. The van der Waals surface area contributed by atoms with Crippen molar-refractivity contribution in [2.45, 2.75) is 6.92 Å². The van der Waals surface area contributed by atoms with Gasteiger partial charge in [-0.3, -0.25) is 0 Å². The van der Waals surface area contributed by atoms with Gasteiger partial charge >= 0.3 is 7.48 Å². The van der Waals surface area contributed by atoms with Crippen LogP contribution in [0, 0.1) is 6.92 Å². The maximum absolute atomic E-state index is 8.55. The van der Waals surface area contributed by atoms with Gasteiger partial charge in [-0.05, 0) is 12.4 Å². The van der Waals surface area contributed by atoms with Gasteiger partial charge in [0.25, 0.3) is 0 Å². The number of nitrogens with zero attached hydrogens (tertiary/aromatic N) is 2. The van der Waals surface area contributed by atoms with E-state index >= 15 is 0 Å². The number of aryl methyl sites for hydroxylation is 1. The van der Waals surface area contributed by atoms with E-state index in [0.717, 1.165) is 11.3 Å². The Morgan fingerprint density at radius 3 is 2.44 bits per heavy atom. The van der Waals surface area contributed by atoms with Crippen LogP contribution in [-0.2, 0) is 0 Å². The minimum Gasteiger partial charge on any atom is -0.449 e. The molecular weight excluding hydrogens is 115 g/mol. The SMILES string of the molecule is Cc1ncc(BO)cn1. The molecule has 0 saturated heterocycles. The van der Waals surface area contributed by atoms with Crippen molar-refractivity contribution in [3.8, 4) is 0 Å². The van der Waals surface area contributed by atoms with Gasteiger partial charge in [-0.15, -0.1) is 0 Å². The fraction of sp³-hybridized carbons (Fsp3) is 0.200. The standard InChI is InChI=1S/C5H7BN2O/c1-4-7-2-5(6-9)3-8-4/h2-3,6,9H,1H3. The summed E-state index contributed by atoms with van der Waals surface area (Å²) in [5.41, 5.74) is 0.751. The summed E-state index contributed by atoms with van der Waals surface area (Å²) in [6.45, 7) is 1.81. The Morgan fingerprint density at radius 2 is 2.00 bits per heavy atom. The second-order valence-corrected chi connectivity index (χ2v) is 1.80. The van der Waals surface area contributed by atoms with Crippen molar-refractivity contribution in [3.63, 3.8) is 0 Å². The normalized spacial score (nSPS) is 9.11. The van der Waals surface area contributed by atoms with Crippen LogP contribution in [0.25, 0.3) is 0 Å². The summed E-state index contributed by atoms with van der Waals surface area (Å²) in [5.74, 6) is 0.729. The molecule has 1 aromatic heterocycles. The largest absolute Gasteiger partial charge is 0.449 e. The molecule has 0 unspecified atom stereocenters. The molecule has 9 heavy (non-hydrogen) atoms. The van der Waals surface area contributed by atoms with Gasteiger partial charge in [0.2, 0.25) is 0 Å². The molecule has 1 rings (SSSR count). The van der Waals surface area contributed by atoms with E-state index in [2.05, 4.69) is 9.97 Å². The predicted molar refractivity (Wildman–Crippen MR) is 35.8 cm³/mol. The van der Waals surface area contributed by atoms with Crippen LogP contribution in [0.15, 0.2) is 12.4 Å². The maximum atomic E-state index is 8.55. The molecule has 0 spiro atoms. The Kier molecular flexibility index (Phi) is 1.79. The Labute approximate surface area is 54.1 Å². The summed E-state index contributed by atoms with van der Waals surface area (Å²) in [6, 6.07) is 0.